The van der Waals surface area contributed by atoms with Crippen molar-refractivity contribution in [3.63, 3.8) is 0 Å². The van der Waals surface area contributed by atoms with Gasteiger partial charge in [-0.3, -0.25) is 19.4 Å². The fourth-order valence-electron chi connectivity index (χ4n) is 2.27. The van der Waals surface area contributed by atoms with Crippen LogP contribution in [0.3, 0.4) is 0 Å². The van der Waals surface area contributed by atoms with Crippen LogP contribution < -0.4 is 0 Å². The highest BCUT2D eigenvalue weighted by Gasteiger charge is 2.57. The fourth-order valence-corrected chi connectivity index (χ4v) is 2.27. The molecule has 0 aromatic heterocycles. The molecule has 4 nitrogen and oxygen atoms in total. The summed E-state index contributed by atoms with van der Waals surface area (Å²) in [5.41, 5.74) is -0.578. The van der Waals surface area contributed by atoms with E-state index in [0.29, 0.717) is 6.42 Å². The van der Waals surface area contributed by atoms with Crippen LogP contribution in [-0.4, -0.2) is 53.2 Å². The van der Waals surface area contributed by atoms with E-state index in [9.17, 15) is 9.59 Å². The predicted octanol–water partition coefficient (Wildman–Crippen LogP) is -0.588. The van der Waals surface area contributed by atoms with Gasteiger partial charge in [-0.1, -0.05) is 0 Å². The molecule has 0 amide bonds. The van der Waals surface area contributed by atoms with E-state index in [0.717, 1.165) is 26.2 Å². The van der Waals surface area contributed by atoms with Crippen molar-refractivity contribution < 1.29 is 9.59 Å². The zero-order valence-electron chi connectivity index (χ0n) is 7.90. The Balaban J connectivity index is 2.00. The van der Waals surface area contributed by atoms with E-state index in [1.807, 2.05) is 0 Å². The van der Waals surface area contributed by atoms with Gasteiger partial charge < -0.3 is 0 Å². The minimum atomic E-state index is -0.578. The molecule has 2 heterocycles. The topological polar surface area (TPSA) is 40.2 Å². The van der Waals surface area contributed by atoms with E-state index in [2.05, 4.69) is 9.80 Å². The number of carbonyl (C=O) groups is 2. The van der Waals surface area contributed by atoms with Crippen molar-refractivity contribution in [2.45, 2.75) is 12.1 Å². The molecule has 3 aliphatic rings. The van der Waals surface area contributed by atoms with Crippen molar-refractivity contribution in [1.29, 1.82) is 0 Å². The molecule has 1 aliphatic carbocycles. The summed E-state index contributed by atoms with van der Waals surface area (Å²) >= 11 is 0. The van der Waals surface area contributed by atoms with Gasteiger partial charge in [0, 0.05) is 32.6 Å². The summed E-state index contributed by atoms with van der Waals surface area (Å²) in [5.74, 6) is 0.163. The van der Waals surface area contributed by atoms with Gasteiger partial charge in [0.2, 0.25) is 0 Å². The maximum absolute atomic E-state index is 11.9. The van der Waals surface area contributed by atoms with Gasteiger partial charge in [0.1, 0.15) is 5.66 Å². The molecule has 4 heteroatoms. The van der Waals surface area contributed by atoms with E-state index < -0.39 is 5.66 Å². The Hall–Kier alpha value is -1.00. The Bertz CT molecular complexity index is 328. The number of ketones is 2. The normalized spacial score (nSPS) is 30.9. The molecule has 74 valence electrons. The standard InChI is InChI=1S/C10H12N2O2/c13-8-1-2-9(14)10(7-8,11-3-4-11)12-5-6-12/h1-2H,3-7H2. The van der Waals surface area contributed by atoms with Crippen molar-refractivity contribution >= 4 is 11.6 Å². The van der Waals surface area contributed by atoms with Gasteiger partial charge in [0.05, 0.1) is 0 Å². The summed E-state index contributed by atoms with van der Waals surface area (Å²) in [6.07, 6.45) is 3.21. The van der Waals surface area contributed by atoms with E-state index >= 15 is 0 Å². The highest BCUT2D eigenvalue weighted by atomic mass is 16.1. The molecule has 0 radical (unpaired) electrons. The lowest BCUT2D eigenvalue weighted by Crippen LogP contribution is -2.55. The molecule has 0 spiro atoms. The van der Waals surface area contributed by atoms with Gasteiger partial charge in [-0.2, -0.15) is 0 Å². The second kappa shape index (κ2) is 2.52. The Morgan fingerprint density at radius 1 is 1.00 bits per heavy atom. The minimum Gasteiger partial charge on any atom is -0.295 e. The van der Waals surface area contributed by atoms with E-state index in [4.69, 9.17) is 0 Å². The molecular formula is C10H12N2O2. The van der Waals surface area contributed by atoms with Crippen molar-refractivity contribution in [2.75, 3.05) is 26.2 Å². The summed E-state index contributed by atoms with van der Waals surface area (Å²) in [6.45, 7) is 3.79. The number of hydrogen-bond donors (Lipinski definition) is 0. The van der Waals surface area contributed by atoms with E-state index in [1.165, 1.54) is 12.2 Å². The number of nitrogens with zero attached hydrogens (tertiary/aromatic N) is 2. The van der Waals surface area contributed by atoms with Crippen LogP contribution in [0.2, 0.25) is 0 Å². The molecule has 0 bridgehead atoms. The molecule has 0 unspecified atom stereocenters. The van der Waals surface area contributed by atoms with Gasteiger partial charge in [-0.05, 0) is 12.2 Å². The molecule has 2 aliphatic heterocycles. The van der Waals surface area contributed by atoms with Crippen LogP contribution in [-0.2, 0) is 9.59 Å². The van der Waals surface area contributed by atoms with Crippen molar-refractivity contribution in [2.24, 2.45) is 0 Å². The molecule has 14 heavy (non-hydrogen) atoms. The number of hydrogen-bond acceptors (Lipinski definition) is 4. The fraction of sp³-hybridized carbons (Fsp3) is 0.600. The van der Waals surface area contributed by atoms with Gasteiger partial charge >= 0.3 is 0 Å². The summed E-state index contributed by atoms with van der Waals surface area (Å²) in [7, 11) is 0. The van der Waals surface area contributed by atoms with Gasteiger partial charge in [0.25, 0.3) is 0 Å². The quantitative estimate of drug-likeness (QED) is 0.548. The summed E-state index contributed by atoms with van der Waals surface area (Å²) in [6, 6.07) is 0. The van der Waals surface area contributed by atoms with Crippen LogP contribution >= 0.6 is 0 Å². The lowest BCUT2D eigenvalue weighted by molar-refractivity contribution is -0.135. The minimum absolute atomic E-state index is 0.0726. The molecule has 3 rings (SSSR count). The highest BCUT2D eigenvalue weighted by Crippen LogP contribution is 2.37. The first-order valence-corrected chi connectivity index (χ1v) is 4.99. The van der Waals surface area contributed by atoms with Crippen LogP contribution in [0.15, 0.2) is 12.2 Å². The molecule has 0 aromatic carbocycles. The summed E-state index contributed by atoms with van der Waals surface area (Å²) < 4.78 is 0. The zero-order valence-corrected chi connectivity index (χ0v) is 7.90. The molecule has 0 atom stereocenters. The first-order chi connectivity index (χ1) is 6.73. The maximum Gasteiger partial charge on any atom is 0.191 e. The molecule has 0 saturated carbocycles. The van der Waals surface area contributed by atoms with Crippen molar-refractivity contribution in [1.82, 2.24) is 9.80 Å². The summed E-state index contributed by atoms with van der Waals surface area (Å²) in [4.78, 5) is 27.5. The second-order valence-corrected chi connectivity index (χ2v) is 4.13. The Morgan fingerprint density at radius 3 is 2.07 bits per heavy atom. The SMILES string of the molecule is O=C1C=CC(=O)C(N2CC2)(N2CC2)C1. The molecule has 0 aromatic rings. The second-order valence-electron chi connectivity index (χ2n) is 4.13. The number of allylic oxidation sites excluding steroid dienone is 1. The number of rotatable bonds is 2. The Morgan fingerprint density at radius 2 is 1.57 bits per heavy atom. The lowest BCUT2D eigenvalue weighted by atomic mass is 9.91. The average molecular weight is 192 g/mol. The highest BCUT2D eigenvalue weighted by molar-refractivity contribution is 6.10. The smallest absolute Gasteiger partial charge is 0.191 e. The van der Waals surface area contributed by atoms with E-state index in [1.54, 1.807) is 0 Å². The Kier molecular flexibility index (Phi) is 1.50. The molecular weight excluding hydrogens is 180 g/mol. The zero-order chi connectivity index (χ0) is 9.76. The molecule has 2 fully saturated rings. The average Bonchev–Trinajstić information content (AvgIpc) is 3.04. The first-order valence-electron chi connectivity index (χ1n) is 4.99. The monoisotopic (exact) mass is 192 g/mol. The van der Waals surface area contributed by atoms with Crippen LogP contribution in [0.25, 0.3) is 0 Å². The van der Waals surface area contributed by atoms with Gasteiger partial charge in [-0.15, -0.1) is 0 Å². The number of carbonyl (C=O) groups excluding carboxylic acids is 2. The Labute approximate surface area is 82.2 Å². The maximum atomic E-state index is 11.9. The summed E-state index contributed by atoms with van der Waals surface area (Å²) in [5, 5.41) is 0. The van der Waals surface area contributed by atoms with E-state index in [-0.39, 0.29) is 11.6 Å². The van der Waals surface area contributed by atoms with Crippen LogP contribution in [0, 0.1) is 0 Å². The van der Waals surface area contributed by atoms with Gasteiger partial charge in [-0.25, -0.2) is 0 Å². The third-order valence-corrected chi connectivity index (χ3v) is 3.18. The van der Waals surface area contributed by atoms with Crippen molar-refractivity contribution in [3.8, 4) is 0 Å². The van der Waals surface area contributed by atoms with Crippen LogP contribution in [0.1, 0.15) is 6.42 Å². The molecule has 0 N–H and O–H groups in total. The largest absolute Gasteiger partial charge is 0.295 e. The molecule has 2 saturated heterocycles. The van der Waals surface area contributed by atoms with Crippen LogP contribution in [0.5, 0.6) is 0 Å². The third kappa shape index (κ3) is 1.01. The first kappa shape index (κ1) is 8.32. The van der Waals surface area contributed by atoms with Gasteiger partial charge in [0.15, 0.2) is 11.6 Å². The van der Waals surface area contributed by atoms with Crippen molar-refractivity contribution in [3.05, 3.63) is 12.2 Å². The third-order valence-electron chi connectivity index (χ3n) is 3.18. The van der Waals surface area contributed by atoms with Crippen LogP contribution in [0.4, 0.5) is 0 Å². The predicted molar refractivity (Wildman–Crippen MR) is 49.6 cm³/mol. The lowest BCUT2D eigenvalue weighted by Gasteiger charge is -2.35.